The summed E-state index contributed by atoms with van der Waals surface area (Å²) < 4.78 is 11.8. The largest absolute Gasteiger partial charge is 0.507 e. The van der Waals surface area contributed by atoms with E-state index >= 15 is 0 Å². The van der Waals surface area contributed by atoms with Gasteiger partial charge >= 0.3 is 0 Å². The predicted octanol–water partition coefficient (Wildman–Crippen LogP) is 5.40. The van der Waals surface area contributed by atoms with Crippen LogP contribution in [0.4, 0.5) is 0 Å². The van der Waals surface area contributed by atoms with E-state index in [2.05, 4.69) is 22.0 Å². The van der Waals surface area contributed by atoms with E-state index in [0.29, 0.717) is 23.5 Å². The Bertz CT molecular complexity index is 1270. The summed E-state index contributed by atoms with van der Waals surface area (Å²) in [5.41, 5.74) is 3.42. The van der Waals surface area contributed by atoms with Gasteiger partial charge in [-0.25, -0.2) is 0 Å². The molecule has 0 aliphatic carbocycles. The number of likely N-dealkylation sites (tertiary alicyclic amines) is 1. The number of amides is 1. The van der Waals surface area contributed by atoms with Crippen LogP contribution < -0.4 is 4.74 Å². The number of methoxy groups -OCH3 is 1. The van der Waals surface area contributed by atoms with Crippen LogP contribution in [0.2, 0.25) is 0 Å². The van der Waals surface area contributed by atoms with Crippen molar-refractivity contribution in [2.24, 2.45) is 0 Å². The van der Waals surface area contributed by atoms with Crippen molar-refractivity contribution in [1.29, 1.82) is 0 Å². The molecule has 4 rings (SSSR count). The van der Waals surface area contributed by atoms with Gasteiger partial charge in [0.2, 0.25) is 0 Å². The van der Waals surface area contributed by atoms with Crippen LogP contribution in [0.25, 0.3) is 5.76 Å². The van der Waals surface area contributed by atoms with Gasteiger partial charge in [-0.15, -0.1) is 0 Å². The SMILES string of the molecule is COCCN1C(=O)C(=O)C(=C(O)c2ccc(OCc3cccc(C)c3)cc2)[C@@H]1c1cccc(Br)c1. The molecule has 0 radical (unpaired) electrons. The van der Waals surface area contributed by atoms with Gasteiger partial charge in [0.25, 0.3) is 11.7 Å². The fourth-order valence-corrected chi connectivity index (χ4v) is 4.57. The first-order chi connectivity index (χ1) is 16.9. The van der Waals surface area contributed by atoms with Gasteiger partial charge in [0, 0.05) is 23.7 Å². The van der Waals surface area contributed by atoms with Gasteiger partial charge in [0.1, 0.15) is 18.1 Å². The molecule has 6 nitrogen and oxygen atoms in total. The highest BCUT2D eigenvalue weighted by Crippen LogP contribution is 2.40. The van der Waals surface area contributed by atoms with E-state index < -0.39 is 17.7 Å². The van der Waals surface area contributed by atoms with E-state index in [1.807, 2.05) is 49.4 Å². The third kappa shape index (κ3) is 5.47. The van der Waals surface area contributed by atoms with Gasteiger partial charge in [-0.05, 0) is 54.4 Å². The van der Waals surface area contributed by atoms with Gasteiger partial charge in [0.15, 0.2) is 0 Å². The normalized spacial score (nSPS) is 17.1. The Kier molecular flexibility index (Phi) is 7.68. The molecule has 0 saturated carbocycles. The minimum atomic E-state index is -0.722. The van der Waals surface area contributed by atoms with Crippen molar-refractivity contribution in [3.63, 3.8) is 0 Å². The number of nitrogens with zero attached hydrogens (tertiary/aromatic N) is 1. The van der Waals surface area contributed by atoms with Crippen LogP contribution in [0, 0.1) is 6.92 Å². The molecule has 1 aliphatic heterocycles. The number of hydrogen-bond donors (Lipinski definition) is 1. The van der Waals surface area contributed by atoms with Crippen LogP contribution in [0.15, 0.2) is 82.8 Å². The lowest BCUT2D eigenvalue weighted by Crippen LogP contribution is -2.32. The van der Waals surface area contributed by atoms with Crippen LogP contribution in [0.3, 0.4) is 0 Å². The Balaban J connectivity index is 1.64. The molecular formula is C28H26BrNO5. The lowest BCUT2D eigenvalue weighted by atomic mass is 9.95. The highest BCUT2D eigenvalue weighted by Gasteiger charge is 2.45. The summed E-state index contributed by atoms with van der Waals surface area (Å²) >= 11 is 3.45. The number of aliphatic hydroxyl groups is 1. The molecular weight excluding hydrogens is 510 g/mol. The lowest BCUT2D eigenvalue weighted by Gasteiger charge is -2.25. The second-order valence-electron chi connectivity index (χ2n) is 8.34. The van der Waals surface area contributed by atoms with Gasteiger partial charge in [-0.2, -0.15) is 0 Å². The average Bonchev–Trinajstić information content (AvgIpc) is 3.11. The number of Topliss-reactive ketones (excluding diaryl/α,β-unsaturated/α-hetero) is 1. The number of aryl methyl sites for hydroxylation is 1. The third-order valence-electron chi connectivity index (χ3n) is 5.86. The van der Waals surface area contributed by atoms with E-state index in [9.17, 15) is 14.7 Å². The van der Waals surface area contributed by atoms with Crippen LogP contribution in [0.5, 0.6) is 5.75 Å². The number of halogens is 1. The molecule has 1 saturated heterocycles. The fourth-order valence-electron chi connectivity index (χ4n) is 4.16. The van der Waals surface area contributed by atoms with Crippen molar-refractivity contribution in [2.45, 2.75) is 19.6 Å². The standard InChI is InChI=1S/C28H26BrNO5/c1-18-5-3-6-19(15-18)17-35-23-11-9-20(10-12-23)26(31)24-25(21-7-4-8-22(29)16-21)30(13-14-34-2)28(33)27(24)32/h3-12,15-16,25,31H,13-14,17H2,1-2H3/t25-/m0/s1. The van der Waals surface area contributed by atoms with E-state index in [1.165, 1.54) is 12.0 Å². The first-order valence-corrected chi connectivity index (χ1v) is 12.0. The quantitative estimate of drug-likeness (QED) is 0.237. The van der Waals surface area contributed by atoms with Crippen LogP contribution in [0.1, 0.15) is 28.3 Å². The zero-order valence-corrected chi connectivity index (χ0v) is 21.1. The Morgan fingerprint density at radius 1 is 1.03 bits per heavy atom. The molecule has 0 unspecified atom stereocenters. The number of carbonyl (C=O) groups is 2. The monoisotopic (exact) mass is 535 g/mol. The summed E-state index contributed by atoms with van der Waals surface area (Å²) in [4.78, 5) is 27.3. The first kappa shape index (κ1) is 24.7. The zero-order valence-electron chi connectivity index (χ0n) is 19.5. The predicted molar refractivity (Wildman–Crippen MR) is 137 cm³/mol. The van der Waals surface area contributed by atoms with Crippen molar-refractivity contribution in [3.05, 3.63) is 105 Å². The molecule has 0 bridgehead atoms. The molecule has 7 heteroatoms. The van der Waals surface area contributed by atoms with Crippen LogP contribution >= 0.6 is 15.9 Å². The molecule has 35 heavy (non-hydrogen) atoms. The van der Waals surface area contributed by atoms with Crippen LogP contribution in [-0.4, -0.2) is 42.0 Å². The summed E-state index contributed by atoms with van der Waals surface area (Å²) in [6.07, 6.45) is 0. The van der Waals surface area contributed by atoms with Crippen molar-refractivity contribution < 1.29 is 24.2 Å². The molecule has 1 heterocycles. The number of aliphatic hydroxyl groups excluding tert-OH is 1. The Hall–Kier alpha value is -3.42. The second kappa shape index (κ2) is 10.9. The number of ether oxygens (including phenoxy) is 2. The molecule has 3 aromatic carbocycles. The minimum absolute atomic E-state index is 0.0534. The second-order valence-corrected chi connectivity index (χ2v) is 9.26. The van der Waals surface area contributed by atoms with Crippen molar-refractivity contribution in [2.75, 3.05) is 20.3 Å². The maximum absolute atomic E-state index is 13.0. The minimum Gasteiger partial charge on any atom is -0.507 e. The Morgan fingerprint density at radius 2 is 1.77 bits per heavy atom. The topological polar surface area (TPSA) is 76.1 Å². The molecule has 0 aromatic heterocycles. The Labute approximate surface area is 212 Å². The number of benzene rings is 3. The molecule has 1 N–H and O–H groups in total. The maximum Gasteiger partial charge on any atom is 0.295 e. The van der Waals surface area contributed by atoms with Crippen LogP contribution in [-0.2, 0) is 20.9 Å². The zero-order chi connectivity index (χ0) is 24.9. The summed E-state index contributed by atoms with van der Waals surface area (Å²) in [6.45, 7) is 2.94. The number of ketones is 1. The molecule has 0 spiro atoms. The summed E-state index contributed by atoms with van der Waals surface area (Å²) in [7, 11) is 1.54. The van der Waals surface area contributed by atoms with E-state index in [1.54, 1.807) is 24.3 Å². The Morgan fingerprint density at radius 3 is 2.46 bits per heavy atom. The summed E-state index contributed by atoms with van der Waals surface area (Å²) in [5.74, 6) is -0.972. The van der Waals surface area contributed by atoms with E-state index in [-0.39, 0.29) is 24.5 Å². The lowest BCUT2D eigenvalue weighted by molar-refractivity contribution is -0.140. The fraction of sp³-hybridized carbons (Fsp3) is 0.214. The molecule has 180 valence electrons. The summed E-state index contributed by atoms with van der Waals surface area (Å²) in [6, 6.07) is 21.5. The van der Waals surface area contributed by atoms with Crippen molar-refractivity contribution in [3.8, 4) is 5.75 Å². The highest BCUT2D eigenvalue weighted by molar-refractivity contribution is 9.10. The third-order valence-corrected chi connectivity index (χ3v) is 6.35. The van der Waals surface area contributed by atoms with Gasteiger partial charge in [-0.1, -0.05) is 57.9 Å². The van der Waals surface area contributed by atoms with Crippen molar-refractivity contribution in [1.82, 2.24) is 4.90 Å². The first-order valence-electron chi connectivity index (χ1n) is 11.2. The smallest absolute Gasteiger partial charge is 0.295 e. The number of carbonyl (C=O) groups excluding carboxylic acids is 2. The molecule has 1 aliphatic rings. The number of hydrogen-bond acceptors (Lipinski definition) is 5. The molecule has 1 amide bonds. The van der Waals surface area contributed by atoms with Gasteiger partial charge in [-0.3, -0.25) is 9.59 Å². The van der Waals surface area contributed by atoms with E-state index in [0.717, 1.165) is 15.6 Å². The van der Waals surface area contributed by atoms with Crippen molar-refractivity contribution >= 4 is 33.4 Å². The van der Waals surface area contributed by atoms with E-state index in [4.69, 9.17) is 9.47 Å². The maximum atomic E-state index is 13.0. The molecule has 1 atom stereocenters. The summed E-state index contributed by atoms with van der Waals surface area (Å²) in [5, 5.41) is 11.2. The average molecular weight is 536 g/mol. The molecule has 1 fully saturated rings. The highest BCUT2D eigenvalue weighted by atomic mass is 79.9. The van der Waals surface area contributed by atoms with Gasteiger partial charge in [0.05, 0.1) is 18.2 Å². The molecule has 3 aromatic rings. The number of rotatable bonds is 8. The van der Waals surface area contributed by atoms with Gasteiger partial charge < -0.3 is 19.5 Å².